The van der Waals surface area contributed by atoms with Crippen LogP contribution in [0.25, 0.3) is 10.2 Å². The molecule has 0 aliphatic heterocycles. The number of anilines is 1. The number of amides is 1. The van der Waals surface area contributed by atoms with E-state index in [1.165, 1.54) is 11.3 Å². The largest absolute Gasteiger partial charge is 0.366 e. The molecule has 2 aromatic rings. The lowest BCUT2D eigenvalue weighted by molar-refractivity contribution is -0.125. The van der Waals surface area contributed by atoms with Crippen molar-refractivity contribution in [2.45, 2.75) is 26.4 Å². The number of carbonyl (C=O) groups is 1. The van der Waals surface area contributed by atoms with Gasteiger partial charge in [0.25, 0.3) is 5.91 Å². The molecular weight excluding hydrogens is 248 g/mol. The number of fused-ring (bicyclic) bond motifs is 1. The van der Waals surface area contributed by atoms with E-state index in [0.29, 0.717) is 5.13 Å². The molecule has 0 unspecified atom stereocenters. The Hall–Kier alpha value is -1.46. The molecule has 4 nitrogen and oxygen atoms in total. The fraction of sp³-hybridized carbons (Fsp3) is 0.385. The van der Waals surface area contributed by atoms with Crippen LogP contribution in [0.2, 0.25) is 0 Å². The first kappa shape index (κ1) is 13.0. The Morgan fingerprint density at radius 3 is 2.78 bits per heavy atom. The van der Waals surface area contributed by atoms with Crippen LogP contribution in [0.5, 0.6) is 0 Å². The molecule has 0 fully saturated rings. The standard InChI is InChI=1S/C13H16N2O2S/c1-13(2,3)17-8-11(16)15-12-14-9-6-4-5-7-10(9)18-12/h4-7H,8H2,1-3H3,(H,14,15,16). The van der Waals surface area contributed by atoms with Gasteiger partial charge in [0.15, 0.2) is 5.13 Å². The number of para-hydroxylation sites is 1. The molecule has 0 radical (unpaired) electrons. The number of benzene rings is 1. The van der Waals surface area contributed by atoms with Crippen molar-refractivity contribution < 1.29 is 9.53 Å². The van der Waals surface area contributed by atoms with Crippen molar-refractivity contribution in [1.29, 1.82) is 0 Å². The number of nitrogens with one attached hydrogen (secondary N) is 1. The Balaban J connectivity index is 1.99. The zero-order valence-corrected chi connectivity index (χ0v) is 11.5. The van der Waals surface area contributed by atoms with Crippen molar-refractivity contribution in [2.75, 3.05) is 11.9 Å². The SMILES string of the molecule is CC(C)(C)OCC(=O)Nc1nc2ccccc2s1. The summed E-state index contributed by atoms with van der Waals surface area (Å²) in [5.41, 5.74) is 0.583. The van der Waals surface area contributed by atoms with Crippen LogP contribution in [-0.4, -0.2) is 23.1 Å². The Labute approximate surface area is 110 Å². The highest BCUT2D eigenvalue weighted by Crippen LogP contribution is 2.25. The maximum Gasteiger partial charge on any atom is 0.252 e. The molecular formula is C13H16N2O2S. The molecule has 1 N–H and O–H groups in total. The van der Waals surface area contributed by atoms with Gasteiger partial charge < -0.3 is 4.74 Å². The molecule has 2 rings (SSSR count). The van der Waals surface area contributed by atoms with Gasteiger partial charge >= 0.3 is 0 Å². The topological polar surface area (TPSA) is 51.2 Å². The van der Waals surface area contributed by atoms with Gasteiger partial charge in [-0.2, -0.15) is 0 Å². The summed E-state index contributed by atoms with van der Waals surface area (Å²) in [6, 6.07) is 7.78. The third-order valence-corrected chi connectivity index (χ3v) is 3.13. The number of ether oxygens (including phenoxy) is 1. The molecule has 0 spiro atoms. The van der Waals surface area contributed by atoms with Gasteiger partial charge in [-0.25, -0.2) is 4.98 Å². The first-order valence-electron chi connectivity index (χ1n) is 5.73. The predicted molar refractivity (Wildman–Crippen MR) is 74.0 cm³/mol. The van der Waals surface area contributed by atoms with Gasteiger partial charge in [-0.1, -0.05) is 23.5 Å². The monoisotopic (exact) mass is 264 g/mol. The van der Waals surface area contributed by atoms with Crippen LogP contribution in [-0.2, 0) is 9.53 Å². The van der Waals surface area contributed by atoms with E-state index in [4.69, 9.17) is 4.74 Å². The zero-order chi connectivity index (χ0) is 13.2. The van der Waals surface area contributed by atoms with Crippen LogP contribution in [0.4, 0.5) is 5.13 Å². The molecule has 1 aromatic heterocycles. The molecule has 1 aromatic carbocycles. The highest BCUT2D eigenvalue weighted by Gasteiger charge is 2.14. The minimum Gasteiger partial charge on any atom is -0.366 e. The Kier molecular flexibility index (Phi) is 3.63. The summed E-state index contributed by atoms with van der Waals surface area (Å²) in [7, 11) is 0. The van der Waals surface area contributed by atoms with Crippen molar-refractivity contribution in [3.63, 3.8) is 0 Å². The summed E-state index contributed by atoms with van der Waals surface area (Å²) in [6.45, 7) is 5.79. The molecule has 1 heterocycles. The Bertz CT molecular complexity index is 524. The van der Waals surface area contributed by atoms with E-state index < -0.39 is 0 Å². The minimum absolute atomic E-state index is 0.0411. The number of hydrogen-bond donors (Lipinski definition) is 1. The van der Waals surface area contributed by atoms with Crippen molar-refractivity contribution >= 4 is 32.6 Å². The van der Waals surface area contributed by atoms with E-state index in [0.717, 1.165) is 10.2 Å². The van der Waals surface area contributed by atoms with E-state index in [-0.39, 0.29) is 18.1 Å². The van der Waals surface area contributed by atoms with Gasteiger partial charge in [-0.05, 0) is 32.9 Å². The lowest BCUT2D eigenvalue weighted by Gasteiger charge is -2.18. The Morgan fingerprint density at radius 1 is 1.39 bits per heavy atom. The maximum atomic E-state index is 11.7. The third-order valence-electron chi connectivity index (χ3n) is 2.18. The summed E-state index contributed by atoms with van der Waals surface area (Å²) >= 11 is 1.46. The van der Waals surface area contributed by atoms with Gasteiger partial charge in [0.2, 0.25) is 0 Å². The van der Waals surface area contributed by atoms with Gasteiger partial charge in [-0.15, -0.1) is 0 Å². The normalized spacial score (nSPS) is 11.7. The van der Waals surface area contributed by atoms with E-state index in [9.17, 15) is 4.79 Å². The zero-order valence-electron chi connectivity index (χ0n) is 10.7. The fourth-order valence-electron chi connectivity index (χ4n) is 1.36. The van der Waals surface area contributed by atoms with Crippen LogP contribution < -0.4 is 5.32 Å². The van der Waals surface area contributed by atoms with Crippen LogP contribution in [0.3, 0.4) is 0 Å². The lowest BCUT2D eigenvalue weighted by Crippen LogP contribution is -2.27. The number of carbonyl (C=O) groups excluding carboxylic acids is 1. The van der Waals surface area contributed by atoms with E-state index in [1.807, 2.05) is 45.0 Å². The molecule has 0 saturated carbocycles. The molecule has 18 heavy (non-hydrogen) atoms. The van der Waals surface area contributed by atoms with E-state index in [2.05, 4.69) is 10.3 Å². The third kappa shape index (κ3) is 3.51. The summed E-state index contributed by atoms with van der Waals surface area (Å²) in [6.07, 6.45) is 0. The molecule has 0 aliphatic rings. The summed E-state index contributed by atoms with van der Waals surface area (Å²) in [5.74, 6) is -0.177. The van der Waals surface area contributed by atoms with Crippen molar-refractivity contribution in [1.82, 2.24) is 4.98 Å². The predicted octanol–water partition coefficient (Wildman–Crippen LogP) is 3.05. The molecule has 5 heteroatoms. The number of nitrogens with zero attached hydrogens (tertiary/aromatic N) is 1. The molecule has 1 amide bonds. The van der Waals surface area contributed by atoms with Crippen molar-refractivity contribution in [3.8, 4) is 0 Å². The first-order valence-corrected chi connectivity index (χ1v) is 6.55. The average Bonchev–Trinajstić information content (AvgIpc) is 2.67. The summed E-state index contributed by atoms with van der Waals surface area (Å²) < 4.78 is 6.46. The van der Waals surface area contributed by atoms with Crippen LogP contribution >= 0.6 is 11.3 Å². The maximum absolute atomic E-state index is 11.7. The molecule has 0 atom stereocenters. The van der Waals surface area contributed by atoms with Crippen LogP contribution in [0.15, 0.2) is 24.3 Å². The molecule has 0 saturated heterocycles. The Morgan fingerprint density at radius 2 is 2.11 bits per heavy atom. The van der Waals surface area contributed by atoms with Gasteiger partial charge in [0.05, 0.1) is 15.8 Å². The highest BCUT2D eigenvalue weighted by molar-refractivity contribution is 7.22. The second-order valence-corrected chi connectivity index (χ2v) is 5.97. The quantitative estimate of drug-likeness (QED) is 0.927. The van der Waals surface area contributed by atoms with Crippen LogP contribution in [0.1, 0.15) is 20.8 Å². The average molecular weight is 264 g/mol. The summed E-state index contributed by atoms with van der Waals surface area (Å²) in [5, 5.41) is 3.36. The molecule has 0 aliphatic carbocycles. The van der Waals surface area contributed by atoms with Crippen LogP contribution in [0, 0.1) is 0 Å². The van der Waals surface area contributed by atoms with E-state index >= 15 is 0 Å². The van der Waals surface area contributed by atoms with Crippen molar-refractivity contribution in [3.05, 3.63) is 24.3 Å². The van der Waals surface area contributed by atoms with Gasteiger partial charge in [0.1, 0.15) is 6.61 Å². The molecule has 0 bridgehead atoms. The lowest BCUT2D eigenvalue weighted by atomic mass is 10.2. The second kappa shape index (κ2) is 5.04. The second-order valence-electron chi connectivity index (χ2n) is 4.94. The number of thiazole rings is 1. The number of hydrogen-bond acceptors (Lipinski definition) is 4. The van der Waals surface area contributed by atoms with Gasteiger partial charge in [-0.3, -0.25) is 10.1 Å². The highest BCUT2D eigenvalue weighted by atomic mass is 32.1. The first-order chi connectivity index (χ1) is 8.44. The smallest absolute Gasteiger partial charge is 0.252 e. The number of aromatic nitrogens is 1. The van der Waals surface area contributed by atoms with E-state index in [1.54, 1.807) is 0 Å². The van der Waals surface area contributed by atoms with Crippen molar-refractivity contribution in [2.24, 2.45) is 0 Å². The summed E-state index contributed by atoms with van der Waals surface area (Å²) in [4.78, 5) is 16.0. The number of rotatable bonds is 3. The minimum atomic E-state index is -0.315. The molecule has 96 valence electrons. The fourth-order valence-corrected chi connectivity index (χ4v) is 2.25. The van der Waals surface area contributed by atoms with Gasteiger partial charge in [0, 0.05) is 0 Å².